The highest BCUT2D eigenvalue weighted by molar-refractivity contribution is 7.88. The first kappa shape index (κ1) is 28.7. The van der Waals surface area contributed by atoms with Gasteiger partial charge in [0.15, 0.2) is 13.1 Å². The molecule has 12 heteroatoms. The summed E-state index contributed by atoms with van der Waals surface area (Å²) in [5.41, 5.74) is 3.87. The van der Waals surface area contributed by atoms with E-state index in [2.05, 4.69) is 10.0 Å². The van der Waals surface area contributed by atoms with Gasteiger partial charge in [-0.1, -0.05) is 6.07 Å². The summed E-state index contributed by atoms with van der Waals surface area (Å²) in [5, 5.41) is 2.77. The number of nitrogens with zero attached hydrogens (tertiary/aromatic N) is 1. The van der Waals surface area contributed by atoms with E-state index in [0.717, 1.165) is 28.6 Å². The van der Waals surface area contributed by atoms with E-state index in [9.17, 15) is 13.2 Å². The van der Waals surface area contributed by atoms with Crippen LogP contribution in [0.4, 0.5) is 16.2 Å². The van der Waals surface area contributed by atoms with Crippen LogP contribution in [0, 0.1) is 6.92 Å². The molecule has 204 valence electrons. The van der Waals surface area contributed by atoms with Crippen molar-refractivity contribution in [2.45, 2.75) is 26.7 Å². The number of aryl methyl sites for hydroxylation is 1. The Labute approximate surface area is 218 Å². The molecule has 0 spiro atoms. The van der Waals surface area contributed by atoms with Gasteiger partial charge < -0.3 is 28.6 Å². The lowest BCUT2D eigenvalue weighted by Gasteiger charge is -2.24. The molecule has 1 saturated heterocycles. The van der Waals surface area contributed by atoms with Crippen LogP contribution >= 0.6 is 0 Å². The van der Waals surface area contributed by atoms with Crippen molar-refractivity contribution in [3.8, 4) is 5.75 Å². The zero-order valence-electron chi connectivity index (χ0n) is 21.6. The third-order valence-corrected chi connectivity index (χ3v) is 6.32. The molecule has 0 saturated carbocycles. The molecule has 2 aromatic rings. The zero-order chi connectivity index (χ0) is 26.8. The number of sulfonamides is 1. The summed E-state index contributed by atoms with van der Waals surface area (Å²) in [7, 11) is -1.71. The fourth-order valence-corrected chi connectivity index (χ4v) is 4.23. The molecule has 0 unspecified atom stereocenters. The van der Waals surface area contributed by atoms with Crippen molar-refractivity contribution >= 4 is 27.5 Å². The lowest BCUT2D eigenvalue weighted by atomic mass is 10.1. The normalized spacial score (nSPS) is 13.9. The Kier molecular flexibility index (Phi) is 10.5. The molecule has 1 aliphatic heterocycles. The van der Waals surface area contributed by atoms with Gasteiger partial charge in [-0.05, 0) is 55.3 Å². The van der Waals surface area contributed by atoms with Crippen LogP contribution in [-0.2, 0) is 35.6 Å². The Morgan fingerprint density at radius 1 is 1.16 bits per heavy atom. The van der Waals surface area contributed by atoms with Crippen LogP contribution in [0.25, 0.3) is 0 Å². The molecule has 11 nitrogen and oxygen atoms in total. The predicted octanol–water partition coefficient (Wildman–Crippen LogP) is 3.15. The number of ether oxygens (including phenoxy) is 5. The van der Waals surface area contributed by atoms with Crippen LogP contribution in [0.3, 0.4) is 0 Å². The Balaban J connectivity index is 1.58. The second kappa shape index (κ2) is 13.6. The summed E-state index contributed by atoms with van der Waals surface area (Å²) in [6.45, 7) is 6.52. The summed E-state index contributed by atoms with van der Waals surface area (Å²) in [6.07, 6.45) is 0.0401. The highest BCUT2D eigenvalue weighted by Crippen LogP contribution is 2.32. The first-order valence-corrected chi connectivity index (χ1v) is 13.8. The van der Waals surface area contributed by atoms with Crippen LogP contribution < -0.4 is 19.7 Å². The molecule has 0 aliphatic carbocycles. The van der Waals surface area contributed by atoms with Crippen molar-refractivity contribution in [3.05, 3.63) is 53.1 Å². The van der Waals surface area contributed by atoms with Gasteiger partial charge in [-0.2, -0.15) is 0 Å². The number of benzene rings is 2. The van der Waals surface area contributed by atoms with E-state index in [1.54, 1.807) is 12.1 Å². The maximum atomic E-state index is 12.5. The van der Waals surface area contributed by atoms with Gasteiger partial charge >= 0.3 is 6.09 Å². The number of likely N-dealkylation sites (N-methyl/N-ethyl adjacent to an activating group) is 1. The Hall–Kier alpha value is -2.90. The highest BCUT2D eigenvalue weighted by Gasteiger charge is 2.23. The lowest BCUT2D eigenvalue weighted by molar-refractivity contribution is -0.0477. The minimum Gasteiger partial charge on any atom is -0.467 e. The van der Waals surface area contributed by atoms with Crippen molar-refractivity contribution in [1.29, 1.82) is 0 Å². The first-order valence-electron chi connectivity index (χ1n) is 11.9. The van der Waals surface area contributed by atoms with Gasteiger partial charge in [-0.3, -0.25) is 5.32 Å². The van der Waals surface area contributed by atoms with E-state index in [4.69, 9.17) is 23.7 Å². The Morgan fingerprint density at radius 3 is 2.57 bits per heavy atom. The molecular weight excluding hydrogens is 502 g/mol. The van der Waals surface area contributed by atoms with Gasteiger partial charge in [0.05, 0.1) is 19.5 Å². The fourth-order valence-electron chi connectivity index (χ4n) is 3.76. The molecule has 1 fully saturated rings. The highest BCUT2D eigenvalue weighted by atomic mass is 32.2. The van der Waals surface area contributed by atoms with Gasteiger partial charge in [0, 0.05) is 43.7 Å². The lowest BCUT2D eigenvalue weighted by Crippen LogP contribution is -2.34. The largest absolute Gasteiger partial charge is 0.467 e. The third-order valence-electron chi connectivity index (χ3n) is 5.60. The van der Waals surface area contributed by atoms with Gasteiger partial charge in [-0.15, -0.1) is 0 Å². The smallest absolute Gasteiger partial charge is 0.411 e. The molecule has 1 heterocycles. The molecule has 37 heavy (non-hydrogen) atoms. The molecule has 0 atom stereocenters. The molecule has 0 aromatic heterocycles. The van der Waals surface area contributed by atoms with E-state index in [1.807, 2.05) is 43.0 Å². The monoisotopic (exact) mass is 537 g/mol. The maximum absolute atomic E-state index is 12.5. The van der Waals surface area contributed by atoms with Crippen molar-refractivity contribution in [2.75, 3.05) is 63.2 Å². The van der Waals surface area contributed by atoms with Crippen molar-refractivity contribution in [1.82, 2.24) is 4.72 Å². The molecule has 1 aliphatic rings. The molecule has 1 amide bonds. The number of rotatable bonds is 13. The standard InChI is InChI=1S/C25H35N3O8S/c1-5-28(11-10-26-37(4,30)31)20-7-9-22(18(2)14-20)27-25(29)35-16-19-6-8-21(24-33-12-13-34-24)23(15-19)36-17-32-3/h6-9,14-15,24,26H,5,10-13,16-17H2,1-4H3,(H,27,29). The van der Waals surface area contributed by atoms with Gasteiger partial charge in [0.25, 0.3) is 0 Å². The average Bonchev–Trinajstić information content (AvgIpc) is 3.39. The number of anilines is 2. The molecule has 2 N–H and O–H groups in total. The molecular formula is C25H35N3O8S. The van der Waals surface area contributed by atoms with E-state index in [-0.39, 0.29) is 13.4 Å². The number of hydrogen-bond acceptors (Lipinski definition) is 9. The van der Waals surface area contributed by atoms with Crippen molar-refractivity contribution < 1.29 is 36.9 Å². The van der Waals surface area contributed by atoms with Gasteiger partial charge in [0.2, 0.25) is 10.0 Å². The van der Waals surface area contributed by atoms with Crippen LogP contribution in [0.5, 0.6) is 5.75 Å². The predicted molar refractivity (Wildman–Crippen MR) is 139 cm³/mol. The third kappa shape index (κ3) is 8.86. The second-order valence-electron chi connectivity index (χ2n) is 8.44. The topological polar surface area (TPSA) is 125 Å². The number of carbonyl (C=O) groups excluding carboxylic acids is 1. The quantitative estimate of drug-likeness (QED) is 0.371. The molecule has 3 rings (SSSR count). The van der Waals surface area contributed by atoms with Crippen LogP contribution in [0.2, 0.25) is 0 Å². The SMILES string of the molecule is CCN(CCNS(C)(=O)=O)c1ccc(NC(=O)OCc2ccc(C3OCCO3)c(OCOC)c2)c(C)c1. The van der Waals surface area contributed by atoms with E-state index >= 15 is 0 Å². The van der Waals surface area contributed by atoms with E-state index < -0.39 is 22.4 Å². The minimum absolute atomic E-state index is 0.0376. The van der Waals surface area contributed by atoms with Crippen molar-refractivity contribution in [2.24, 2.45) is 0 Å². The zero-order valence-corrected chi connectivity index (χ0v) is 22.4. The van der Waals surface area contributed by atoms with Crippen LogP contribution in [-0.4, -0.2) is 67.5 Å². The molecule has 0 radical (unpaired) electrons. The number of hydrogen-bond donors (Lipinski definition) is 2. The molecule has 0 bridgehead atoms. The van der Waals surface area contributed by atoms with Crippen LogP contribution in [0.15, 0.2) is 36.4 Å². The fraction of sp³-hybridized carbons (Fsp3) is 0.480. The summed E-state index contributed by atoms with van der Waals surface area (Å²) in [6, 6.07) is 11.0. The number of amides is 1. The molecule has 2 aromatic carbocycles. The van der Waals surface area contributed by atoms with Gasteiger partial charge in [-0.25, -0.2) is 17.9 Å². The minimum atomic E-state index is -3.24. The van der Waals surface area contributed by atoms with E-state index in [1.165, 1.54) is 7.11 Å². The number of carbonyl (C=O) groups is 1. The number of methoxy groups -OCH3 is 1. The summed E-state index contributed by atoms with van der Waals surface area (Å²) < 4.78 is 52.3. The van der Waals surface area contributed by atoms with E-state index in [0.29, 0.717) is 44.3 Å². The number of nitrogens with one attached hydrogen (secondary N) is 2. The average molecular weight is 538 g/mol. The summed E-state index contributed by atoms with van der Waals surface area (Å²) in [4.78, 5) is 14.5. The van der Waals surface area contributed by atoms with Crippen LogP contribution in [0.1, 0.15) is 29.9 Å². The Morgan fingerprint density at radius 2 is 1.92 bits per heavy atom. The Bertz CT molecular complexity index is 1150. The van der Waals surface area contributed by atoms with Gasteiger partial charge in [0.1, 0.15) is 12.4 Å². The second-order valence-corrected chi connectivity index (χ2v) is 10.3. The van der Waals surface area contributed by atoms with Crippen molar-refractivity contribution in [3.63, 3.8) is 0 Å². The first-order chi connectivity index (χ1) is 17.7. The summed E-state index contributed by atoms with van der Waals surface area (Å²) >= 11 is 0. The maximum Gasteiger partial charge on any atom is 0.411 e. The summed E-state index contributed by atoms with van der Waals surface area (Å²) in [5.74, 6) is 0.536.